The third kappa shape index (κ3) is 14.5. The Hall–Kier alpha value is -4.05. The van der Waals surface area contributed by atoms with E-state index in [0.717, 1.165) is 12.8 Å². The molecule has 13 unspecified atom stereocenters. The molecule has 0 radical (unpaired) electrons. The number of aromatic amines is 1. The zero-order valence-corrected chi connectivity index (χ0v) is 35.6. The Morgan fingerprint density at radius 3 is 2.29 bits per heavy atom. The van der Waals surface area contributed by atoms with Gasteiger partial charge in [-0.15, -0.1) is 0 Å². The number of nitrogens with two attached hydrogens (primary N) is 1. The number of carboxylic acid groups (broad SMARTS) is 3. The van der Waals surface area contributed by atoms with E-state index in [1.165, 1.54) is 0 Å². The van der Waals surface area contributed by atoms with Gasteiger partial charge in [0.25, 0.3) is 13.4 Å². The van der Waals surface area contributed by atoms with Crippen LogP contribution in [0.4, 0.5) is 17.5 Å². The third-order valence-corrected chi connectivity index (χ3v) is 12.3. The molecule has 2 aliphatic heterocycles. The summed E-state index contributed by atoms with van der Waals surface area (Å²) in [6.45, 7) is 2.24. The Kier molecular flexibility index (Phi) is 18.6. The van der Waals surface area contributed by atoms with Crippen LogP contribution < -0.4 is 52.4 Å². The van der Waals surface area contributed by atoms with Crippen molar-refractivity contribution in [3.8, 4) is 0 Å². The van der Waals surface area contributed by atoms with Gasteiger partial charge in [-0.1, -0.05) is 0 Å². The van der Waals surface area contributed by atoms with E-state index in [1.54, 1.807) is 5.32 Å². The summed E-state index contributed by atoms with van der Waals surface area (Å²) in [5.41, 5.74) is 5.76. The predicted octanol–water partition coefficient (Wildman–Crippen LogP) is -7.39. The van der Waals surface area contributed by atoms with Crippen molar-refractivity contribution in [3.05, 3.63) is 10.4 Å². The molecular formula is C36H56N7O19P-4. The van der Waals surface area contributed by atoms with E-state index in [0.29, 0.717) is 24.3 Å². The van der Waals surface area contributed by atoms with Crippen molar-refractivity contribution in [2.45, 2.75) is 151 Å². The van der Waals surface area contributed by atoms with Crippen LogP contribution in [0.3, 0.4) is 0 Å². The van der Waals surface area contributed by atoms with E-state index in [9.17, 15) is 74.3 Å². The number of aromatic nitrogens is 2. The molecule has 26 nitrogen and oxygen atoms in total. The molecule has 1 aromatic rings. The SMILES string of the molecule is CC1Nc2nc(N)[nH]c(=O)c2N(C)C1C(C)NC1CCC(CC(O)C(O)C(O)COC2OC(COP(=O)([O-])OC(CCC(=O)[O-])C(=O)NC(CCC(=O)[O-])C(=O)[O-])C(O)C2O)CC1. The number of nitrogens with one attached hydrogen (secondary N) is 4. The molecule has 1 aromatic heterocycles. The summed E-state index contributed by atoms with van der Waals surface area (Å²) in [5, 5.41) is 94.7. The van der Waals surface area contributed by atoms with Crippen LogP contribution in [0.25, 0.3) is 0 Å². The quantitative estimate of drug-likeness (QED) is 0.0431. The average Bonchev–Trinajstić information content (AvgIpc) is 3.46. The number of hydrogen-bond acceptors (Lipinski definition) is 24. The number of aliphatic hydroxyl groups excluding tert-OH is 5. The number of nitrogen functional groups attached to an aromatic ring is 1. The number of likely N-dealkylation sites (N-methyl/N-ethyl adjacent to an activating group) is 1. The van der Waals surface area contributed by atoms with Crippen LogP contribution >= 0.6 is 7.82 Å². The van der Waals surface area contributed by atoms with Crippen LogP contribution in [-0.4, -0.2) is 159 Å². The number of carbonyl (C=O) groups is 4. The number of aliphatic carboxylic acids is 3. The largest absolute Gasteiger partial charge is 0.756 e. The fourth-order valence-electron chi connectivity index (χ4n) is 8.13. The number of phosphoric ester groups is 1. The van der Waals surface area contributed by atoms with Crippen LogP contribution in [-0.2, 0) is 42.3 Å². The second-order valence-corrected chi connectivity index (χ2v) is 17.5. The van der Waals surface area contributed by atoms with Gasteiger partial charge in [0.2, 0.25) is 11.9 Å². The smallest absolute Gasteiger partial charge is 0.278 e. The number of phosphoric acid groups is 1. The number of carboxylic acids is 3. The summed E-state index contributed by atoms with van der Waals surface area (Å²) in [6, 6.07) is -2.05. The predicted molar refractivity (Wildman–Crippen MR) is 206 cm³/mol. The first kappa shape index (κ1) is 51.6. The van der Waals surface area contributed by atoms with Crippen molar-refractivity contribution in [2.24, 2.45) is 5.92 Å². The first-order valence-corrected chi connectivity index (χ1v) is 21.8. The topological polar surface area (TPSA) is 427 Å². The number of aliphatic hydroxyl groups is 5. The molecule has 0 spiro atoms. The van der Waals surface area contributed by atoms with Crippen molar-refractivity contribution in [3.63, 3.8) is 0 Å². The highest BCUT2D eigenvalue weighted by molar-refractivity contribution is 7.45. The Balaban J connectivity index is 1.21. The molecule has 3 heterocycles. The highest BCUT2D eigenvalue weighted by atomic mass is 31.2. The number of amides is 1. The Morgan fingerprint density at radius 2 is 1.67 bits per heavy atom. The zero-order valence-electron chi connectivity index (χ0n) is 34.7. The lowest BCUT2D eigenvalue weighted by Crippen LogP contribution is -2.60. The maximum atomic E-state index is 12.7. The number of fused-ring (bicyclic) bond motifs is 1. The molecule has 1 amide bonds. The van der Waals surface area contributed by atoms with E-state index in [1.807, 2.05) is 25.8 Å². The second kappa shape index (κ2) is 22.7. The minimum Gasteiger partial charge on any atom is -0.756 e. The summed E-state index contributed by atoms with van der Waals surface area (Å²) < 4.78 is 32.6. The summed E-state index contributed by atoms with van der Waals surface area (Å²) in [6.07, 6.45) is -14.4. The molecule has 0 aromatic carbocycles. The molecule has 0 bridgehead atoms. The van der Waals surface area contributed by atoms with E-state index in [-0.39, 0.29) is 48.0 Å². The molecule has 13 atom stereocenters. The number of anilines is 3. The number of hydrogen-bond donors (Lipinski definition) is 10. The first-order valence-electron chi connectivity index (χ1n) is 20.3. The molecule has 3 aliphatic rings. The lowest BCUT2D eigenvalue weighted by atomic mass is 9.81. The molecule has 1 saturated carbocycles. The molecule has 27 heteroatoms. The normalized spacial score (nSPS) is 28.6. The summed E-state index contributed by atoms with van der Waals surface area (Å²) in [4.78, 5) is 79.6. The molecule has 63 heavy (non-hydrogen) atoms. The third-order valence-electron chi connectivity index (χ3n) is 11.4. The molecule has 1 aliphatic carbocycles. The van der Waals surface area contributed by atoms with Gasteiger partial charge in [-0.05, 0) is 77.6 Å². The fraction of sp³-hybridized carbons (Fsp3) is 0.778. The van der Waals surface area contributed by atoms with Gasteiger partial charge in [0.15, 0.2) is 12.1 Å². The highest BCUT2D eigenvalue weighted by Crippen LogP contribution is 2.42. The van der Waals surface area contributed by atoms with Crippen LogP contribution in [0.1, 0.15) is 71.6 Å². The van der Waals surface area contributed by atoms with Crippen LogP contribution in [0, 0.1) is 5.92 Å². The minimum absolute atomic E-state index is 0.00674. The Labute approximate surface area is 360 Å². The summed E-state index contributed by atoms with van der Waals surface area (Å²) in [5.74, 6) is -6.42. The van der Waals surface area contributed by atoms with Gasteiger partial charge >= 0.3 is 0 Å². The molecule has 1 saturated heterocycles. The van der Waals surface area contributed by atoms with Crippen molar-refractivity contribution in [2.75, 3.05) is 36.2 Å². The molecule has 2 fully saturated rings. The highest BCUT2D eigenvalue weighted by Gasteiger charge is 2.45. The second-order valence-electron chi connectivity index (χ2n) is 16.1. The number of H-pyrrole nitrogens is 1. The van der Waals surface area contributed by atoms with Crippen molar-refractivity contribution < 1.29 is 88.0 Å². The van der Waals surface area contributed by atoms with Gasteiger partial charge in [-0.25, -0.2) is 0 Å². The number of carbonyl (C=O) groups excluding carboxylic acids is 4. The lowest BCUT2D eigenvalue weighted by Gasteiger charge is -2.44. The van der Waals surface area contributed by atoms with Crippen molar-refractivity contribution in [1.82, 2.24) is 20.6 Å². The van der Waals surface area contributed by atoms with Crippen LogP contribution in [0.5, 0.6) is 0 Å². The summed E-state index contributed by atoms with van der Waals surface area (Å²) in [7, 11) is -3.78. The van der Waals surface area contributed by atoms with Gasteiger partial charge in [0.1, 0.15) is 42.3 Å². The molecule has 11 N–H and O–H groups in total. The van der Waals surface area contributed by atoms with Crippen LogP contribution in [0.15, 0.2) is 4.79 Å². The van der Waals surface area contributed by atoms with E-state index in [2.05, 4.69) is 29.6 Å². The number of ether oxygens (including phenoxy) is 2. The van der Waals surface area contributed by atoms with E-state index >= 15 is 0 Å². The lowest BCUT2D eigenvalue weighted by molar-refractivity contribution is -0.311. The van der Waals surface area contributed by atoms with Crippen molar-refractivity contribution in [1.29, 1.82) is 0 Å². The van der Waals surface area contributed by atoms with E-state index in [4.69, 9.17) is 15.2 Å². The minimum atomic E-state index is -5.61. The van der Waals surface area contributed by atoms with E-state index < -0.39 is 126 Å². The molecule has 4 rings (SSSR count). The van der Waals surface area contributed by atoms with Gasteiger partial charge in [0, 0.05) is 37.1 Å². The number of nitrogens with zero attached hydrogens (tertiary/aromatic N) is 2. The standard InChI is InChI=1S/C36H60N7O19P/c1-15(26-16(2)39-31-27(43(26)3)33(54)42-36(37)41-31)38-18-6-4-17(5-7-18)12-20(44)28(50)21(45)13-59-35-30(52)29(51)23(61-35)14-60-63(57,58)62-22(9-11-25(48)49)32(53)40-19(34(55)56)8-10-24(46)47/h15-23,26,28-30,35,38,44-45,50-52H,4-14H2,1-3H3,(H,40,53)(H,46,47)(H,48,49)(H,55,56)(H,57,58)(H4,37,39,41,42,54)/p-4. The van der Waals surface area contributed by atoms with Gasteiger partial charge < -0.3 is 105 Å². The van der Waals surface area contributed by atoms with Gasteiger partial charge in [-0.2, -0.15) is 4.98 Å². The Morgan fingerprint density at radius 1 is 1.03 bits per heavy atom. The monoisotopic (exact) mass is 921 g/mol. The van der Waals surface area contributed by atoms with Gasteiger partial charge in [0.05, 0.1) is 37.4 Å². The maximum absolute atomic E-state index is 12.7. The average molecular weight is 922 g/mol. The summed E-state index contributed by atoms with van der Waals surface area (Å²) >= 11 is 0. The zero-order chi connectivity index (χ0) is 46.9. The Bertz CT molecular complexity index is 1840. The fourth-order valence-corrected chi connectivity index (χ4v) is 9.03. The number of rotatable bonds is 24. The molecular weight excluding hydrogens is 865 g/mol. The van der Waals surface area contributed by atoms with Crippen LogP contribution in [0.2, 0.25) is 0 Å². The van der Waals surface area contributed by atoms with Gasteiger partial charge in [-0.3, -0.25) is 19.1 Å². The van der Waals surface area contributed by atoms with Crippen molar-refractivity contribution >= 4 is 49.1 Å². The maximum Gasteiger partial charge on any atom is 0.278 e. The first-order chi connectivity index (χ1) is 29.5. The molecule has 358 valence electrons.